The molecule has 1 atom stereocenters. The fraction of sp³-hybridized carbons (Fsp3) is 0.438. The smallest absolute Gasteiger partial charge is 0.324 e. The number of hydrogen-bond acceptors (Lipinski definition) is 6. The molecule has 0 spiro atoms. The molecule has 0 aliphatic heterocycles. The second-order valence-corrected chi connectivity index (χ2v) is 8.37. The van der Waals surface area contributed by atoms with Crippen LogP contribution in [-0.4, -0.2) is 44.5 Å². The van der Waals surface area contributed by atoms with Gasteiger partial charge in [-0.2, -0.15) is 4.72 Å². The Morgan fingerprint density at radius 3 is 2.22 bits per heavy atom. The molecule has 0 bridgehead atoms. The molecule has 0 saturated heterocycles. The lowest BCUT2D eigenvalue weighted by molar-refractivity contribution is -0.149. The van der Waals surface area contributed by atoms with E-state index in [4.69, 9.17) is 0 Å². The van der Waals surface area contributed by atoms with Crippen LogP contribution in [0.4, 0.5) is 9.18 Å². The maximum Gasteiger partial charge on any atom is 0.324 e. The van der Waals surface area contributed by atoms with E-state index in [1.54, 1.807) is 20.8 Å². The van der Waals surface area contributed by atoms with Crippen molar-refractivity contribution in [3.63, 3.8) is 0 Å². The van der Waals surface area contributed by atoms with Crippen molar-refractivity contribution < 1.29 is 31.9 Å². The summed E-state index contributed by atoms with van der Waals surface area (Å²) in [6.45, 7) is 5.59. The van der Waals surface area contributed by atoms with Gasteiger partial charge in [-0.25, -0.2) is 17.6 Å². The van der Waals surface area contributed by atoms with Crippen LogP contribution in [0.2, 0.25) is 0 Å². The summed E-state index contributed by atoms with van der Waals surface area (Å²) in [5.74, 6) is -2.51. The second-order valence-electron chi connectivity index (χ2n) is 6.66. The average molecular weight is 403 g/mol. The van der Waals surface area contributed by atoms with Crippen LogP contribution < -0.4 is 15.4 Å². The zero-order valence-corrected chi connectivity index (χ0v) is 16.1. The van der Waals surface area contributed by atoms with E-state index in [-0.39, 0.29) is 4.90 Å². The number of sulfonamides is 1. The van der Waals surface area contributed by atoms with Crippen LogP contribution in [0.15, 0.2) is 29.2 Å². The third-order valence-electron chi connectivity index (χ3n) is 2.90. The molecule has 1 aromatic rings. The van der Waals surface area contributed by atoms with Crippen LogP contribution in [0, 0.1) is 5.82 Å². The summed E-state index contributed by atoms with van der Waals surface area (Å²) in [5.41, 5.74) is -0.561. The molecular formula is C16H22FN3O6S. The minimum Gasteiger partial charge on any atom is -0.454 e. The monoisotopic (exact) mass is 403 g/mol. The lowest BCUT2D eigenvalue weighted by atomic mass is 10.1. The molecule has 0 fully saturated rings. The van der Waals surface area contributed by atoms with Gasteiger partial charge in [0.15, 0.2) is 6.61 Å². The van der Waals surface area contributed by atoms with Crippen molar-refractivity contribution in [2.45, 2.75) is 44.2 Å². The molecule has 9 nitrogen and oxygen atoms in total. The molecule has 0 unspecified atom stereocenters. The Hall–Kier alpha value is -2.53. The molecule has 1 aromatic carbocycles. The van der Waals surface area contributed by atoms with Gasteiger partial charge in [-0.1, -0.05) is 0 Å². The second kappa shape index (κ2) is 8.91. The molecule has 3 N–H and O–H groups in total. The van der Waals surface area contributed by atoms with Crippen molar-refractivity contribution in [2.24, 2.45) is 0 Å². The van der Waals surface area contributed by atoms with Crippen LogP contribution in [0.1, 0.15) is 27.7 Å². The molecular weight excluding hydrogens is 381 g/mol. The fourth-order valence-electron chi connectivity index (χ4n) is 1.76. The molecule has 0 aliphatic rings. The van der Waals surface area contributed by atoms with Gasteiger partial charge < -0.3 is 10.1 Å². The zero-order chi connectivity index (χ0) is 20.8. The number of carbonyl (C=O) groups is 3. The van der Waals surface area contributed by atoms with Crippen molar-refractivity contribution in [1.82, 2.24) is 15.4 Å². The number of halogens is 1. The first-order valence-electron chi connectivity index (χ1n) is 7.87. The summed E-state index contributed by atoms with van der Waals surface area (Å²) in [6, 6.07) is 1.94. The summed E-state index contributed by atoms with van der Waals surface area (Å²) < 4.78 is 43.8. The third kappa shape index (κ3) is 8.13. The first kappa shape index (κ1) is 22.5. The molecule has 0 aromatic heterocycles. The van der Waals surface area contributed by atoms with Gasteiger partial charge in [0, 0.05) is 5.54 Å². The highest BCUT2D eigenvalue weighted by atomic mass is 32.2. The predicted molar refractivity (Wildman–Crippen MR) is 93.6 cm³/mol. The molecule has 150 valence electrons. The number of nitrogens with one attached hydrogen (secondary N) is 3. The molecule has 1 rings (SSSR count). The molecule has 3 amide bonds. The highest BCUT2D eigenvalue weighted by molar-refractivity contribution is 7.89. The summed E-state index contributed by atoms with van der Waals surface area (Å²) in [7, 11) is -4.08. The molecule has 0 aliphatic carbocycles. The maximum atomic E-state index is 12.9. The van der Waals surface area contributed by atoms with Crippen molar-refractivity contribution in [3.8, 4) is 0 Å². The topological polar surface area (TPSA) is 131 Å². The Balaban J connectivity index is 2.53. The number of esters is 1. The number of ether oxygens (including phenoxy) is 1. The normalized spacial score (nSPS) is 12.8. The number of hydrogen-bond donors (Lipinski definition) is 3. The van der Waals surface area contributed by atoms with Gasteiger partial charge in [-0.05, 0) is 52.0 Å². The number of imide groups is 1. The lowest BCUT2D eigenvalue weighted by Crippen LogP contribution is -2.49. The van der Waals surface area contributed by atoms with Crippen LogP contribution in [0.3, 0.4) is 0 Å². The maximum absolute atomic E-state index is 12.9. The summed E-state index contributed by atoms with van der Waals surface area (Å²) in [5, 5.41) is 4.45. The minimum atomic E-state index is -4.08. The van der Waals surface area contributed by atoms with E-state index in [0.717, 1.165) is 24.3 Å². The van der Waals surface area contributed by atoms with Crippen LogP contribution >= 0.6 is 0 Å². The molecule has 0 heterocycles. The standard InChI is InChI=1S/C16H22FN3O6S/c1-10(20-27(24,25)12-7-5-11(17)6-8-12)14(22)26-9-13(21)18-15(23)19-16(2,3)4/h5-8,10,20H,9H2,1-4H3,(H2,18,19,21,23)/t10-/m0/s1. The summed E-state index contributed by atoms with van der Waals surface area (Å²) in [6.07, 6.45) is 0. The molecule has 27 heavy (non-hydrogen) atoms. The van der Waals surface area contributed by atoms with Crippen LogP contribution in [0.25, 0.3) is 0 Å². The Bertz CT molecular complexity index is 802. The first-order chi connectivity index (χ1) is 12.3. The van der Waals surface area contributed by atoms with Gasteiger partial charge in [0.2, 0.25) is 10.0 Å². The van der Waals surface area contributed by atoms with Gasteiger partial charge in [0.1, 0.15) is 11.9 Å². The van der Waals surface area contributed by atoms with E-state index in [0.29, 0.717) is 0 Å². The number of rotatable bonds is 6. The lowest BCUT2D eigenvalue weighted by Gasteiger charge is -2.20. The van der Waals surface area contributed by atoms with Crippen molar-refractivity contribution in [1.29, 1.82) is 0 Å². The van der Waals surface area contributed by atoms with Gasteiger partial charge in [-0.15, -0.1) is 0 Å². The highest BCUT2D eigenvalue weighted by Gasteiger charge is 2.24. The highest BCUT2D eigenvalue weighted by Crippen LogP contribution is 2.10. The average Bonchev–Trinajstić information content (AvgIpc) is 2.50. The number of amides is 3. The van der Waals surface area contributed by atoms with Gasteiger partial charge in [-0.3, -0.25) is 14.9 Å². The van der Waals surface area contributed by atoms with E-state index >= 15 is 0 Å². The number of urea groups is 1. The number of carbonyl (C=O) groups excluding carboxylic acids is 3. The summed E-state index contributed by atoms with van der Waals surface area (Å²) in [4.78, 5) is 34.7. The molecule has 0 radical (unpaired) electrons. The van der Waals surface area contributed by atoms with Gasteiger partial charge in [0.25, 0.3) is 5.91 Å². The fourth-order valence-corrected chi connectivity index (χ4v) is 2.95. The Kier molecular flexibility index (Phi) is 7.43. The van der Waals surface area contributed by atoms with Gasteiger partial charge >= 0.3 is 12.0 Å². The minimum absolute atomic E-state index is 0.236. The molecule has 0 saturated carbocycles. The van der Waals surface area contributed by atoms with Crippen molar-refractivity contribution in [3.05, 3.63) is 30.1 Å². The van der Waals surface area contributed by atoms with Crippen LogP contribution in [0.5, 0.6) is 0 Å². The quantitative estimate of drug-likeness (QED) is 0.598. The Morgan fingerprint density at radius 2 is 1.70 bits per heavy atom. The third-order valence-corrected chi connectivity index (χ3v) is 4.45. The molecule has 11 heteroatoms. The van der Waals surface area contributed by atoms with E-state index in [9.17, 15) is 27.2 Å². The van der Waals surface area contributed by atoms with Crippen molar-refractivity contribution >= 4 is 27.9 Å². The Morgan fingerprint density at radius 1 is 1.15 bits per heavy atom. The first-order valence-corrected chi connectivity index (χ1v) is 9.35. The predicted octanol–water partition coefficient (Wildman–Crippen LogP) is 0.660. The van der Waals surface area contributed by atoms with E-state index in [1.807, 2.05) is 5.32 Å². The van der Waals surface area contributed by atoms with Gasteiger partial charge in [0.05, 0.1) is 4.90 Å². The number of benzene rings is 1. The Labute approximate surface area is 156 Å². The SMILES string of the molecule is C[C@H](NS(=O)(=O)c1ccc(F)cc1)C(=O)OCC(=O)NC(=O)NC(C)(C)C. The van der Waals surface area contributed by atoms with Crippen LogP contribution in [-0.2, 0) is 24.3 Å². The zero-order valence-electron chi connectivity index (χ0n) is 15.3. The van der Waals surface area contributed by atoms with E-state index in [2.05, 4.69) is 14.8 Å². The van der Waals surface area contributed by atoms with Crippen molar-refractivity contribution in [2.75, 3.05) is 6.61 Å². The summed E-state index contributed by atoms with van der Waals surface area (Å²) >= 11 is 0. The van der Waals surface area contributed by atoms with E-state index < -0.39 is 51.9 Å². The van der Waals surface area contributed by atoms with E-state index in [1.165, 1.54) is 6.92 Å². The largest absolute Gasteiger partial charge is 0.454 e.